The van der Waals surface area contributed by atoms with Gasteiger partial charge in [0.15, 0.2) is 5.96 Å². The summed E-state index contributed by atoms with van der Waals surface area (Å²) in [5.41, 5.74) is -0.0891. The van der Waals surface area contributed by atoms with E-state index in [1.54, 1.807) is 6.07 Å². The molecule has 0 aromatic heterocycles. The quantitative estimate of drug-likeness (QED) is 0.608. The molecule has 2 rings (SSSR count). The average molecular weight is 356 g/mol. The number of benzene rings is 1. The van der Waals surface area contributed by atoms with E-state index in [4.69, 9.17) is 0 Å². The van der Waals surface area contributed by atoms with Gasteiger partial charge >= 0.3 is 6.18 Å². The first kappa shape index (κ1) is 19.6. The maximum absolute atomic E-state index is 12.8. The van der Waals surface area contributed by atoms with Gasteiger partial charge in [-0.15, -0.1) is 0 Å². The van der Waals surface area contributed by atoms with Crippen LogP contribution in [0.3, 0.4) is 0 Å². The number of hydrogen-bond acceptors (Lipinski definition) is 2. The highest BCUT2D eigenvalue weighted by Gasteiger charge is 2.30. The molecule has 0 aliphatic carbocycles. The summed E-state index contributed by atoms with van der Waals surface area (Å²) < 4.78 is 38.3. The molecule has 25 heavy (non-hydrogen) atoms. The van der Waals surface area contributed by atoms with Crippen molar-refractivity contribution in [2.75, 3.05) is 32.7 Å². The number of likely N-dealkylation sites (tertiary alicyclic amines) is 1. The van der Waals surface area contributed by atoms with Gasteiger partial charge in [0.1, 0.15) is 0 Å². The molecule has 1 aliphatic rings. The van der Waals surface area contributed by atoms with Gasteiger partial charge in [-0.3, -0.25) is 0 Å². The maximum Gasteiger partial charge on any atom is 0.416 e. The molecule has 4 nitrogen and oxygen atoms in total. The average Bonchev–Trinajstić information content (AvgIpc) is 3.05. The summed E-state index contributed by atoms with van der Waals surface area (Å²) in [7, 11) is 0. The molecule has 0 amide bonds. The molecule has 1 aliphatic heterocycles. The fourth-order valence-corrected chi connectivity index (χ4v) is 2.97. The number of nitrogens with one attached hydrogen (secondary N) is 2. The molecule has 1 heterocycles. The van der Waals surface area contributed by atoms with Crippen LogP contribution in [0.2, 0.25) is 0 Å². The van der Waals surface area contributed by atoms with Crippen LogP contribution in [0.15, 0.2) is 29.3 Å². The van der Waals surface area contributed by atoms with Gasteiger partial charge in [0, 0.05) is 19.6 Å². The number of aliphatic imine (C=N–C) groups is 1. The van der Waals surface area contributed by atoms with Gasteiger partial charge in [-0.25, -0.2) is 4.99 Å². The number of nitrogens with zero attached hydrogens (tertiary/aromatic N) is 2. The molecular weight excluding hydrogens is 329 g/mol. The van der Waals surface area contributed by atoms with Gasteiger partial charge in [-0.1, -0.05) is 19.1 Å². The van der Waals surface area contributed by atoms with Gasteiger partial charge in [0.25, 0.3) is 0 Å². The minimum atomic E-state index is -4.32. The van der Waals surface area contributed by atoms with Crippen LogP contribution in [0.1, 0.15) is 31.4 Å². The zero-order valence-corrected chi connectivity index (χ0v) is 14.9. The molecule has 7 heteroatoms. The molecule has 1 fully saturated rings. The standard InChI is InChI=1S/C18H27F3N4/c1-3-22-17(24-12-15-8-9-25(4-2)13-15)23-11-14-6-5-7-16(10-14)18(19,20)21/h5-7,10,15H,3-4,8-9,11-13H2,1-2H3,(H2,22,23,24). The maximum atomic E-state index is 12.8. The molecule has 1 aromatic rings. The normalized spacial score (nSPS) is 19.2. The summed E-state index contributed by atoms with van der Waals surface area (Å²) in [5, 5.41) is 6.46. The lowest BCUT2D eigenvalue weighted by molar-refractivity contribution is -0.137. The second-order valence-corrected chi connectivity index (χ2v) is 6.32. The third-order valence-corrected chi connectivity index (χ3v) is 4.39. The van der Waals surface area contributed by atoms with Gasteiger partial charge in [0.05, 0.1) is 12.1 Å². The van der Waals surface area contributed by atoms with Crippen molar-refractivity contribution in [2.45, 2.75) is 33.0 Å². The number of halogens is 3. The molecule has 1 saturated heterocycles. The Hall–Kier alpha value is -1.76. The Kier molecular flexibility index (Phi) is 7.11. The summed E-state index contributed by atoms with van der Waals surface area (Å²) >= 11 is 0. The number of hydrogen-bond donors (Lipinski definition) is 2. The summed E-state index contributed by atoms with van der Waals surface area (Å²) in [4.78, 5) is 6.84. The van der Waals surface area contributed by atoms with Crippen molar-refractivity contribution in [3.63, 3.8) is 0 Å². The first-order chi connectivity index (χ1) is 11.9. The van der Waals surface area contributed by atoms with Crippen molar-refractivity contribution in [1.82, 2.24) is 15.5 Å². The fraction of sp³-hybridized carbons (Fsp3) is 0.611. The van der Waals surface area contributed by atoms with Crippen molar-refractivity contribution in [1.29, 1.82) is 0 Å². The third-order valence-electron chi connectivity index (χ3n) is 4.39. The summed E-state index contributed by atoms with van der Waals surface area (Å²) in [6.07, 6.45) is -3.16. The lowest BCUT2D eigenvalue weighted by atomic mass is 10.1. The molecule has 0 radical (unpaired) electrons. The minimum absolute atomic E-state index is 0.213. The van der Waals surface area contributed by atoms with Crippen LogP contribution in [0, 0.1) is 5.92 Å². The molecule has 1 unspecified atom stereocenters. The van der Waals surface area contributed by atoms with Crippen molar-refractivity contribution in [2.24, 2.45) is 10.9 Å². The summed E-state index contributed by atoms with van der Waals surface area (Å²) in [5.74, 6) is 1.23. The smallest absolute Gasteiger partial charge is 0.357 e. The Balaban J connectivity index is 1.93. The van der Waals surface area contributed by atoms with E-state index in [0.29, 0.717) is 24.0 Å². The molecule has 0 spiro atoms. The zero-order valence-electron chi connectivity index (χ0n) is 14.9. The third kappa shape index (κ3) is 6.23. The predicted molar refractivity (Wildman–Crippen MR) is 94.5 cm³/mol. The van der Waals surface area contributed by atoms with Crippen molar-refractivity contribution < 1.29 is 13.2 Å². The van der Waals surface area contributed by atoms with Gasteiger partial charge in [-0.2, -0.15) is 13.2 Å². The van der Waals surface area contributed by atoms with E-state index in [0.717, 1.165) is 44.7 Å². The summed E-state index contributed by atoms with van der Waals surface area (Å²) in [6.45, 7) is 9.15. The van der Waals surface area contributed by atoms with E-state index >= 15 is 0 Å². The van der Waals surface area contributed by atoms with Crippen LogP contribution in [-0.4, -0.2) is 43.6 Å². The fourth-order valence-electron chi connectivity index (χ4n) is 2.97. The topological polar surface area (TPSA) is 39.7 Å². The van der Waals surface area contributed by atoms with Crippen LogP contribution in [0.4, 0.5) is 13.2 Å². The Morgan fingerprint density at radius 2 is 2.08 bits per heavy atom. The van der Waals surface area contributed by atoms with E-state index in [2.05, 4.69) is 27.4 Å². The predicted octanol–water partition coefficient (Wildman–Crippen LogP) is 3.10. The Bertz CT molecular complexity index is 572. The highest BCUT2D eigenvalue weighted by atomic mass is 19.4. The highest BCUT2D eigenvalue weighted by molar-refractivity contribution is 5.79. The Morgan fingerprint density at radius 3 is 2.72 bits per heavy atom. The lowest BCUT2D eigenvalue weighted by Gasteiger charge is -2.16. The van der Waals surface area contributed by atoms with Crippen molar-refractivity contribution >= 4 is 5.96 Å². The van der Waals surface area contributed by atoms with E-state index in [9.17, 15) is 13.2 Å². The molecular formula is C18H27F3N4. The largest absolute Gasteiger partial charge is 0.416 e. The second kappa shape index (κ2) is 9.08. The minimum Gasteiger partial charge on any atom is -0.357 e. The molecule has 1 atom stereocenters. The van der Waals surface area contributed by atoms with E-state index in [1.165, 1.54) is 6.07 Å². The molecule has 1 aromatic carbocycles. The lowest BCUT2D eigenvalue weighted by Crippen LogP contribution is -2.40. The van der Waals surface area contributed by atoms with Crippen molar-refractivity contribution in [3.05, 3.63) is 35.4 Å². The van der Waals surface area contributed by atoms with E-state index in [-0.39, 0.29) is 6.54 Å². The van der Waals surface area contributed by atoms with Gasteiger partial charge < -0.3 is 15.5 Å². The van der Waals surface area contributed by atoms with Gasteiger partial charge in [0.2, 0.25) is 0 Å². The molecule has 2 N–H and O–H groups in total. The number of rotatable bonds is 6. The van der Waals surface area contributed by atoms with Crippen LogP contribution in [-0.2, 0) is 12.7 Å². The molecule has 0 bridgehead atoms. The van der Waals surface area contributed by atoms with Crippen molar-refractivity contribution in [3.8, 4) is 0 Å². The number of guanidine groups is 1. The van der Waals surface area contributed by atoms with Crippen LogP contribution in [0.5, 0.6) is 0 Å². The van der Waals surface area contributed by atoms with Crippen LogP contribution >= 0.6 is 0 Å². The van der Waals surface area contributed by atoms with Gasteiger partial charge in [-0.05, 0) is 50.0 Å². The SMILES string of the molecule is CCNC(=NCc1cccc(C(F)(F)F)c1)NCC1CCN(CC)C1. The molecule has 0 saturated carbocycles. The summed E-state index contributed by atoms with van der Waals surface area (Å²) in [6, 6.07) is 5.32. The Morgan fingerprint density at radius 1 is 1.28 bits per heavy atom. The first-order valence-corrected chi connectivity index (χ1v) is 8.83. The highest BCUT2D eigenvalue weighted by Crippen LogP contribution is 2.29. The monoisotopic (exact) mass is 356 g/mol. The van der Waals surface area contributed by atoms with Crippen LogP contribution < -0.4 is 10.6 Å². The Labute approximate surface area is 147 Å². The van der Waals surface area contributed by atoms with E-state index < -0.39 is 11.7 Å². The van der Waals surface area contributed by atoms with Crippen LogP contribution in [0.25, 0.3) is 0 Å². The second-order valence-electron chi connectivity index (χ2n) is 6.32. The number of alkyl halides is 3. The zero-order chi connectivity index (χ0) is 18.3. The first-order valence-electron chi connectivity index (χ1n) is 8.83. The van der Waals surface area contributed by atoms with E-state index in [1.807, 2.05) is 6.92 Å². The molecule has 140 valence electrons.